The van der Waals surface area contributed by atoms with Crippen molar-refractivity contribution in [2.75, 3.05) is 5.73 Å². The van der Waals surface area contributed by atoms with Crippen LogP contribution in [0.5, 0.6) is 0 Å². The third kappa shape index (κ3) is 2.93. The number of nitrogen functional groups attached to an aromatic ring is 1. The molecule has 0 bridgehead atoms. The van der Waals surface area contributed by atoms with Gasteiger partial charge in [0, 0.05) is 16.8 Å². The normalized spacial score (nSPS) is 9.18. The zero-order chi connectivity index (χ0) is 12.1. The number of nitrogens with zero attached hydrogens (tertiary/aromatic N) is 1. The van der Waals surface area contributed by atoms with Crippen LogP contribution >= 0.6 is 0 Å². The molecule has 3 nitrogen and oxygen atoms in total. The van der Waals surface area contributed by atoms with E-state index in [1.54, 1.807) is 12.1 Å². The molecule has 0 radical (unpaired) electrons. The molecule has 82 valence electrons. The van der Waals surface area contributed by atoms with E-state index in [4.69, 9.17) is 11.3 Å². The largest absolute Gasteiger partial charge is 0.399 e. The molecule has 0 saturated carbocycles. The number of hydrogen-bond acceptors (Lipinski definition) is 3. The molecule has 0 aliphatic rings. The van der Waals surface area contributed by atoms with E-state index < -0.39 is 0 Å². The molecule has 0 heterocycles. The maximum atomic E-state index is 6.85. The van der Waals surface area contributed by atoms with E-state index in [1.807, 2.05) is 36.4 Å². The number of nitrogens with one attached hydrogen (secondary N) is 1. The number of rotatable bonds is 1. The molecule has 3 N–H and O–H groups in total. The molecule has 0 aromatic heterocycles. The lowest BCUT2D eigenvalue weighted by Crippen LogP contribution is -1.83. The summed E-state index contributed by atoms with van der Waals surface area (Å²) in [5.74, 6) is 6.08. The molecule has 17 heavy (non-hydrogen) atoms. The number of benzene rings is 2. The van der Waals surface area contributed by atoms with Crippen molar-refractivity contribution in [2.24, 2.45) is 5.11 Å². The molecule has 0 saturated heterocycles. The minimum Gasteiger partial charge on any atom is -0.399 e. The second-order valence-corrected chi connectivity index (χ2v) is 3.53. The molecule has 0 aliphatic carbocycles. The van der Waals surface area contributed by atoms with Crippen molar-refractivity contribution in [1.29, 1.82) is 5.53 Å². The van der Waals surface area contributed by atoms with Gasteiger partial charge in [0.1, 0.15) is 0 Å². The Kier molecular flexibility index (Phi) is 3.18. The Morgan fingerprint density at radius 1 is 0.824 bits per heavy atom. The first kappa shape index (κ1) is 10.9. The van der Waals surface area contributed by atoms with Gasteiger partial charge in [-0.1, -0.05) is 11.8 Å². The first-order valence-corrected chi connectivity index (χ1v) is 5.13. The van der Waals surface area contributed by atoms with Gasteiger partial charge in [0.15, 0.2) is 0 Å². The molecule has 0 aliphatic heterocycles. The SMILES string of the molecule is N=Nc1ccc(C#Cc2ccc(N)cc2)cc1. The Labute approximate surface area is 99.8 Å². The van der Waals surface area contributed by atoms with Crippen LogP contribution in [0.1, 0.15) is 11.1 Å². The smallest absolute Gasteiger partial charge is 0.0850 e. The fourth-order valence-electron chi connectivity index (χ4n) is 1.33. The van der Waals surface area contributed by atoms with E-state index in [0.29, 0.717) is 5.69 Å². The van der Waals surface area contributed by atoms with Gasteiger partial charge in [0.2, 0.25) is 0 Å². The van der Waals surface area contributed by atoms with Crippen molar-refractivity contribution in [3.63, 3.8) is 0 Å². The van der Waals surface area contributed by atoms with Gasteiger partial charge in [-0.2, -0.15) is 5.11 Å². The van der Waals surface area contributed by atoms with Crippen LogP contribution in [-0.4, -0.2) is 0 Å². The summed E-state index contributed by atoms with van der Waals surface area (Å²) < 4.78 is 0. The van der Waals surface area contributed by atoms with Crippen molar-refractivity contribution in [2.45, 2.75) is 0 Å². The van der Waals surface area contributed by atoms with E-state index in [0.717, 1.165) is 16.8 Å². The Bertz CT molecular complexity index is 572. The van der Waals surface area contributed by atoms with Gasteiger partial charge < -0.3 is 5.73 Å². The van der Waals surface area contributed by atoms with Crippen molar-refractivity contribution >= 4 is 11.4 Å². The minimum absolute atomic E-state index is 0.628. The predicted octanol–water partition coefficient (Wildman–Crippen LogP) is 3.33. The summed E-state index contributed by atoms with van der Waals surface area (Å²) >= 11 is 0. The van der Waals surface area contributed by atoms with E-state index >= 15 is 0 Å². The van der Waals surface area contributed by atoms with Crippen LogP contribution < -0.4 is 5.73 Å². The molecular formula is C14H11N3. The summed E-state index contributed by atoms with van der Waals surface area (Å²) in [7, 11) is 0. The Balaban J connectivity index is 2.20. The molecular weight excluding hydrogens is 210 g/mol. The third-order valence-corrected chi connectivity index (χ3v) is 2.26. The van der Waals surface area contributed by atoms with E-state index in [-0.39, 0.29) is 0 Å². The monoisotopic (exact) mass is 221 g/mol. The maximum absolute atomic E-state index is 6.85. The standard InChI is InChI=1S/C14H11N3/c15-13-7-3-11(4-8-13)1-2-12-5-9-14(17-16)10-6-12/h3-10,16H,15H2. The lowest BCUT2D eigenvalue weighted by molar-refractivity contribution is 1.15. The summed E-state index contributed by atoms with van der Waals surface area (Å²) in [4.78, 5) is 0. The van der Waals surface area contributed by atoms with Crippen LogP contribution in [0.3, 0.4) is 0 Å². The van der Waals surface area contributed by atoms with Crippen LogP contribution in [0.25, 0.3) is 0 Å². The van der Waals surface area contributed by atoms with Gasteiger partial charge in [-0.25, -0.2) is 5.53 Å². The highest BCUT2D eigenvalue weighted by Crippen LogP contribution is 2.11. The Hall–Kier alpha value is -2.60. The predicted molar refractivity (Wildman–Crippen MR) is 68.1 cm³/mol. The van der Waals surface area contributed by atoms with Crippen LogP contribution in [0.15, 0.2) is 53.6 Å². The lowest BCUT2D eigenvalue weighted by Gasteiger charge is -1.93. The molecule has 0 fully saturated rings. The van der Waals surface area contributed by atoms with Crippen LogP contribution in [-0.2, 0) is 0 Å². The fraction of sp³-hybridized carbons (Fsp3) is 0. The van der Waals surface area contributed by atoms with Crippen LogP contribution in [0.4, 0.5) is 11.4 Å². The van der Waals surface area contributed by atoms with E-state index in [1.165, 1.54) is 0 Å². The minimum atomic E-state index is 0.628. The quantitative estimate of drug-likeness (QED) is 0.433. The number of anilines is 1. The fourth-order valence-corrected chi connectivity index (χ4v) is 1.33. The van der Waals surface area contributed by atoms with Crippen molar-refractivity contribution in [3.05, 3.63) is 59.7 Å². The summed E-state index contributed by atoms with van der Waals surface area (Å²) in [5, 5.41) is 3.33. The summed E-state index contributed by atoms with van der Waals surface area (Å²) in [6.07, 6.45) is 0. The Morgan fingerprint density at radius 3 is 1.76 bits per heavy atom. The summed E-state index contributed by atoms with van der Waals surface area (Å²) in [6, 6.07) is 14.6. The molecule has 2 rings (SSSR count). The van der Waals surface area contributed by atoms with Gasteiger partial charge in [0.05, 0.1) is 5.69 Å². The zero-order valence-electron chi connectivity index (χ0n) is 9.14. The second-order valence-electron chi connectivity index (χ2n) is 3.53. The highest BCUT2D eigenvalue weighted by Gasteiger charge is 1.90. The molecule has 0 spiro atoms. The van der Waals surface area contributed by atoms with Crippen LogP contribution in [0, 0.1) is 17.4 Å². The summed E-state index contributed by atoms with van der Waals surface area (Å²) in [5.41, 5.74) is 15.6. The van der Waals surface area contributed by atoms with Gasteiger partial charge in [0.25, 0.3) is 0 Å². The van der Waals surface area contributed by atoms with Gasteiger partial charge in [-0.15, -0.1) is 0 Å². The van der Waals surface area contributed by atoms with Gasteiger partial charge in [-0.3, -0.25) is 0 Å². The lowest BCUT2D eigenvalue weighted by atomic mass is 10.1. The van der Waals surface area contributed by atoms with Crippen molar-refractivity contribution in [1.82, 2.24) is 0 Å². The Morgan fingerprint density at radius 2 is 1.29 bits per heavy atom. The zero-order valence-corrected chi connectivity index (χ0v) is 9.14. The molecule has 0 atom stereocenters. The highest BCUT2D eigenvalue weighted by molar-refractivity contribution is 5.49. The molecule has 2 aromatic carbocycles. The second kappa shape index (κ2) is 4.95. The van der Waals surface area contributed by atoms with E-state index in [2.05, 4.69) is 17.0 Å². The molecule has 0 amide bonds. The highest BCUT2D eigenvalue weighted by atomic mass is 14.9. The average molecular weight is 221 g/mol. The number of nitrogens with two attached hydrogens (primary N) is 1. The maximum Gasteiger partial charge on any atom is 0.0850 e. The van der Waals surface area contributed by atoms with Crippen molar-refractivity contribution in [3.8, 4) is 11.8 Å². The van der Waals surface area contributed by atoms with Crippen molar-refractivity contribution < 1.29 is 0 Å². The van der Waals surface area contributed by atoms with E-state index in [9.17, 15) is 0 Å². The first-order valence-electron chi connectivity index (χ1n) is 5.13. The molecule has 3 heteroatoms. The molecule has 0 unspecified atom stereocenters. The third-order valence-electron chi connectivity index (χ3n) is 2.26. The topological polar surface area (TPSA) is 62.2 Å². The van der Waals surface area contributed by atoms with Gasteiger partial charge >= 0.3 is 0 Å². The van der Waals surface area contributed by atoms with Gasteiger partial charge in [-0.05, 0) is 48.5 Å². The van der Waals surface area contributed by atoms with Crippen LogP contribution in [0.2, 0.25) is 0 Å². The molecule has 2 aromatic rings. The average Bonchev–Trinajstić information content (AvgIpc) is 2.39. The summed E-state index contributed by atoms with van der Waals surface area (Å²) in [6.45, 7) is 0. The first-order chi connectivity index (χ1) is 8.28. The number of hydrogen-bond donors (Lipinski definition) is 2.